The van der Waals surface area contributed by atoms with Gasteiger partial charge in [0.1, 0.15) is 6.10 Å². The molecule has 6 nitrogen and oxygen atoms in total. The van der Waals surface area contributed by atoms with Gasteiger partial charge in [-0.2, -0.15) is 0 Å². The molecule has 30 heavy (non-hydrogen) atoms. The van der Waals surface area contributed by atoms with Crippen LogP contribution < -0.4 is 0 Å². The van der Waals surface area contributed by atoms with Crippen molar-refractivity contribution in [3.05, 3.63) is 23.3 Å². The number of carbonyl (C=O) groups excluding carboxylic acids is 1. The maximum absolute atomic E-state index is 12.2. The van der Waals surface area contributed by atoms with E-state index in [9.17, 15) is 20.1 Å². The Morgan fingerprint density at radius 1 is 1.20 bits per heavy atom. The minimum Gasteiger partial charge on any atom is -0.455 e. The molecule has 2 saturated carbocycles. The van der Waals surface area contributed by atoms with E-state index >= 15 is 0 Å². The lowest BCUT2D eigenvalue weighted by molar-refractivity contribution is -0.251. The van der Waals surface area contributed by atoms with Crippen LogP contribution in [0.1, 0.15) is 60.3 Å². The predicted octanol–water partition coefficient (Wildman–Crippen LogP) is 2.51. The minimum absolute atomic E-state index is 0.0185. The molecule has 3 aliphatic carbocycles. The second-order valence-corrected chi connectivity index (χ2v) is 10.7. The molecule has 3 fully saturated rings. The van der Waals surface area contributed by atoms with Crippen LogP contribution in [-0.4, -0.2) is 57.9 Å². The van der Waals surface area contributed by atoms with E-state index in [1.165, 1.54) is 6.08 Å². The third-order valence-electron chi connectivity index (χ3n) is 8.91. The normalized spacial score (nSPS) is 47.6. The molecular weight excluding hydrogens is 384 g/mol. The minimum atomic E-state index is -1.17. The van der Waals surface area contributed by atoms with Gasteiger partial charge in [-0.3, -0.25) is 0 Å². The Kier molecular flexibility index (Phi) is 5.25. The quantitative estimate of drug-likeness (QED) is 0.361. The zero-order valence-corrected chi connectivity index (χ0v) is 18.7. The van der Waals surface area contributed by atoms with Gasteiger partial charge in [0.05, 0.1) is 30.5 Å². The molecule has 8 atom stereocenters. The fourth-order valence-electron chi connectivity index (χ4n) is 6.84. The van der Waals surface area contributed by atoms with Gasteiger partial charge in [-0.05, 0) is 49.2 Å². The highest BCUT2D eigenvalue weighted by Gasteiger charge is 2.63. The first kappa shape index (κ1) is 22.0. The summed E-state index contributed by atoms with van der Waals surface area (Å²) in [4.78, 5) is 12.2. The molecule has 4 aliphatic rings. The van der Waals surface area contributed by atoms with Crippen molar-refractivity contribution in [2.75, 3.05) is 6.61 Å². The average molecular weight is 421 g/mol. The van der Waals surface area contributed by atoms with E-state index < -0.39 is 40.7 Å². The molecule has 168 valence electrons. The van der Waals surface area contributed by atoms with Crippen molar-refractivity contribution in [3.8, 4) is 0 Å². The van der Waals surface area contributed by atoms with E-state index in [1.807, 2.05) is 20.8 Å². The molecule has 6 unspecified atom stereocenters. The number of allylic oxidation sites excluding steroid dienone is 1. The Morgan fingerprint density at radius 3 is 2.50 bits per heavy atom. The molecule has 4 rings (SSSR count). The van der Waals surface area contributed by atoms with Gasteiger partial charge in [0, 0.05) is 30.3 Å². The summed E-state index contributed by atoms with van der Waals surface area (Å²) in [5, 5.41) is 34.5. The van der Waals surface area contributed by atoms with Crippen molar-refractivity contribution >= 4 is 5.97 Å². The zero-order valence-electron chi connectivity index (χ0n) is 18.7. The Labute approximate surface area is 179 Å². The molecule has 0 amide bonds. The Balaban J connectivity index is 1.80. The van der Waals surface area contributed by atoms with Gasteiger partial charge in [0.15, 0.2) is 0 Å². The van der Waals surface area contributed by atoms with Crippen LogP contribution in [-0.2, 0) is 14.3 Å². The summed E-state index contributed by atoms with van der Waals surface area (Å²) < 4.78 is 11.4. The number of ether oxygens (including phenoxy) is 2. The highest BCUT2D eigenvalue weighted by Crippen LogP contribution is 2.62. The molecule has 3 N–H and O–H groups in total. The third-order valence-corrected chi connectivity index (χ3v) is 8.91. The van der Waals surface area contributed by atoms with E-state index in [1.54, 1.807) is 13.0 Å². The van der Waals surface area contributed by atoms with Crippen LogP contribution in [0.15, 0.2) is 23.3 Å². The molecule has 0 aromatic heterocycles. The summed E-state index contributed by atoms with van der Waals surface area (Å²) in [6.07, 6.45) is 2.79. The summed E-state index contributed by atoms with van der Waals surface area (Å²) in [6.45, 7) is 10.3. The molecule has 1 heterocycles. The number of aliphatic hydroxyl groups excluding tert-OH is 2. The van der Waals surface area contributed by atoms with Gasteiger partial charge in [-0.15, -0.1) is 0 Å². The van der Waals surface area contributed by atoms with Crippen molar-refractivity contribution < 1.29 is 29.6 Å². The second kappa shape index (κ2) is 7.16. The van der Waals surface area contributed by atoms with Crippen molar-refractivity contribution in [2.24, 2.45) is 22.7 Å². The van der Waals surface area contributed by atoms with Crippen LogP contribution in [0.3, 0.4) is 0 Å². The van der Waals surface area contributed by atoms with Crippen LogP contribution in [0.4, 0.5) is 0 Å². The van der Waals surface area contributed by atoms with Gasteiger partial charge >= 0.3 is 5.97 Å². The van der Waals surface area contributed by atoms with Gasteiger partial charge in [-0.1, -0.05) is 26.8 Å². The van der Waals surface area contributed by atoms with Crippen LogP contribution in [0, 0.1) is 22.7 Å². The zero-order chi connectivity index (χ0) is 22.1. The highest BCUT2D eigenvalue weighted by atomic mass is 16.5. The monoisotopic (exact) mass is 420 g/mol. The van der Waals surface area contributed by atoms with Gasteiger partial charge < -0.3 is 24.8 Å². The molecule has 6 heteroatoms. The van der Waals surface area contributed by atoms with Crippen molar-refractivity contribution in [1.29, 1.82) is 0 Å². The van der Waals surface area contributed by atoms with E-state index in [4.69, 9.17) is 9.47 Å². The lowest BCUT2D eigenvalue weighted by atomic mass is 9.47. The molecule has 0 aromatic rings. The summed E-state index contributed by atoms with van der Waals surface area (Å²) in [6, 6.07) is 0. The van der Waals surface area contributed by atoms with E-state index in [0.717, 1.165) is 11.1 Å². The first-order valence-corrected chi connectivity index (χ1v) is 11.2. The topological polar surface area (TPSA) is 96.2 Å². The molecule has 0 radical (unpaired) electrons. The van der Waals surface area contributed by atoms with Crippen molar-refractivity contribution in [2.45, 2.75) is 90.3 Å². The predicted molar refractivity (Wildman–Crippen MR) is 111 cm³/mol. The van der Waals surface area contributed by atoms with Crippen LogP contribution in [0.5, 0.6) is 0 Å². The Bertz CT molecular complexity index is 785. The average Bonchev–Trinajstić information content (AvgIpc) is 2.61. The summed E-state index contributed by atoms with van der Waals surface area (Å²) >= 11 is 0. The summed E-state index contributed by atoms with van der Waals surface area (Å²) in [5.74, 6) is -0.158. The third kappa shape index (κ3) is 3.02. The number of fused-ring (bicyclic) bond motifs is 5. The SMILES string of the molecule is C/C=C/C(=O)O[C@H]1CC2(O)CC3C4COC4CC(O)C3(C)C[C@H](O)C(=C1C)C2(C)C. The van der Waals surface area contributed by atoms with Crippen LogP contribution >= 0.6 is 0 Å². The maximum atomic E-state index is 12.2. The van der Waals surface area contributed by atoms with Crippen LogP contribution in [0.2, 0.25) is 0 Å². The first-order chi connectivity index (χ1) is 13.9. The smallest absolute Gasteiger partial charge is 0.331 e. The standard InChI is InChI=1S/C24H36O6/c1-6-7-20(27)30-18-11-24(28)9-15-14-12-29-17(14)8-19(26)23(15,5)10-16(25)21(13(18)2)22(24,3)4/h6-7,14-19,25-26,28H,8-12H2,1-5H3/b7-6+/t14?,15?,16-,17?,18-,19?,23?,24?/m0/s1. The second-order valence-electron chi connectivity index (χ2n) is 10.7. The molecule has 0 spiro atoms. The highest BCUT2D eigenvalue weighted by molar-refractivity contribution is 5.82. The Hall–Kier alpha value is -1.21. The molecule has 1 aliphatic heterocycles. The van der Waals surface area contributed by atoms with Crippen molar-refractivity contribution in [3.63, 3.8) is 0 Å². The lowest BCUT2D eigenvalue weighted by Gasteiger charge is -2.63. The van der Waals surface area contributed by atoms with Gasteiger partial charge in [-0.25, -0.2) is 4.79 Å². The number of hydrogen-bond acceptors (Lipinski definition) is 6. The largest absolute Gasteiger partial charge is 0.455 e. The number of carbonyl (C=O) groups is 1. The van der Waals surface area contributed by atoms with Crippen molar-refractivity contribution in [1.82, 2.24) is 0 Å². The first-order valence-electron chi connectivity index (χ1n) is 11.2. The number of esters is 1. The van der Waals surface area contributed by atoms with E-state index in [2.05, 4.69) is 6.92 Å². The molecule has 0 aromatic carbocycles. The van der Waals surface area contributed by atoms with Gasteiger partial charge in [0.25, 0.3) is 0 Å². The Morgan fingerprint density at radius 2 is 1.90 bits per heavy atom. The number of hydrogen-bond donors (Lipinski definition) is 3. The molecular formula is C24H36O6. The van der Waals surface area contributed by atoms with E-state index in [-0.39, 0.29) is 24.4 Å². The fraction of sp³-hybridized carbons (Fsp3) is 0.792. The maximum Gasteiger partial charge on any atom is 0.331 e. The lowest BCUT2D eigenvalue weighted by Crippen LogP contribution is -2.66. The summed E-state index contributed by atoms with van der Waals surface area (Å²) in [5.41, 5.74) is -0.799. The molecule has 2 bridgehead atoms. The van der Waals surface area contributed by atoms with Gasteiger partial charge in [0.2, 0.25) is 0 Å². The number of aliphatic hydroxyl groups is 3. The molecule has 1 saturated heterocycles. The van der Waals surface area contributed by atoms with Crippen LogP contribution in [0.25, 0.3) is 0 Å². The van der Waals surface area contributed by atoms with E-state index in [0.29, 0.717) is 25.9 Å². The summed E-state index contributed by atoms with van der Waals surface area (Å²) in [7, 11) is 0. The number of rotatable bonds is 2. The fourth-order valence-corrected chi connectivity index (χ4v) is 6.84.